The Morgan fingerprint density at radius 3 is 2.32 bits per heavy atom. The summed E-state index contributed by atoms with van der Waals surface area (Å²) in [4.78, 5) is 11.9. The maximum absolute atomic E-state index is 11.9. The Hall–Kier alpha value is -2.59. The molecule has 0 aliphatic rings. The summed E-state index contributed by atoms with van der Waals surface area (Å²) in [6.07, 6.45) is 1.46. The fraction of sp³-hybridized carbons (Fsp3) is 0.100. The Morgan fingerprint density at radius 1 is 1.00 bits per heavy atom. The minimum absolute atomic E-state index is 0.264. The molecule has 0 fully saturated rings. The van der Waals surface area contributed by atoms with Gasteiger partial charge in [0, 0.05) is 14.9 Å². The number of halogens is 1. The molecule has 6 nitrogen and oxygen atoms in total. The molecule has 144 valence electrons. The Labute approximate surface area is 181 Å². The van der Waals surface area contributed by atoms with E-state index < -0.39 is 0 Å². The minimum atomic E-state index is -0.295. The van der Waals surface area contributed by atoms with Gasteiger partial charge < -0.3 is 25.1 Å². The number of anilines is 2. The molecule has 3 rings (SSSR count). The highest BCUT2D eigenvalue weighted by molar-refractivity contribution is 14.1. The lowest BCUT2D eigenvalue weighted by Gasteiger charge is -2.12. The average Bonchev–Trinajstić information content (AvgIpc) is 3.23. The van der Waals surface area contributed by atoms with Gasteiger partial charge in [-0.1, -0.05) is 0 Å². The van der Waals surface area contributed by atoms with Gasteiger partial charge in [0.1, 0.15) is 12.4 Å². The van der Waals surface area contributed by atoms with Gasteiger partial charge in [0.2, 0.25) is 0 Å². The molecule has 0 atom stereocenters. The first-order chi connectivity index (χ1) is 13.6. The number of thiocarbonyl (C=S) groups is 1. The normalized spacial score (nSPS) is 10.2. The van der Waals surface area contributed by atoms with Gasteiger partial charge in [0.25, 0.3) is 5.91 Å². The summed E-state index contributed by atoms with van der Waals surface area (Å²) in [5.41, 5.74) is 1.48. The molecule has 0 spiro atoms. The van der Waals surface area contributed by atoms with E-state index in [1.165, 1.54) is 9.83 Å². The lowest BCUT2D eigenvalue weighted by molar-refractivity contribution is 0.0996. The summed E-state index contributed by atoms with van der Waals surface area (Å²) < 4.78 is 11.9. The molecule has 28 heavy (non-hydrogen) atoms. The van der Waals surface area contributed by atoms with Crippen LogP contribution in [0.25, 0.3) is 0 Å². The van der Waals surface area contributed by atoms with Gasteiger partial charge in [0.05, 0.1) is 12.8 Å². The Balaban J connectivity index is 1.39. The first-order valence-electron chi connectivity index (χ1n) is 8.48. The molecule has 1 aromatic heterocycles. The standard InChI is InChI=1S/C20H18IN3O3S/c21-14-3-9-17(10-4-14)26-13-11-22-20(28)24-16-7-5-15(6-8-16)23-19(25)18-2-1-12-27-18/h1-10,12H,11,13H2,(H,23,25)(H2,22,24,28). The summed E-state index contributed by atoms with van der Waals surface area (Å²) >= 11 is 7.53. The second-order valence-corrected chi connectivity index (χ2v) is 7.35. The second-order valence-electron chi connectivity index (χ2n) is 5.69. The summed E-state index contributed by atoms with van der Waals surface area (Å²) in [5, 5.41) is 9.44. The van der Waals surface area contributed by atoms with Crippen molar-refractivity contribution in [1.29, 1.82) is 0 Å². The molecule has 0 saturated carbocycles. The molecular formula is C20H18IN3O3S. The van der Waals surface area contributed by atoms with E-state index in [9.17, 15) is 4.79 Å². The number of rotatable bonds is 7. The first kappa shape index (κ1) is 20.2. The zero-order chi connectivity index (χ0) is 19.8. The third-order valence-electron chi connectivity index (χ3n) is 3.62. The van der Waals surface area contributed by atoms with Crippen LogP contribution in [0, 0.1) is 3.57 Å². The van der Waals surface area contributed by atoms with Crippen LogP contribution in [-0.4, -0.2) is 24.2 Å². The molecule has 0 aliphatic carbocycles. The van der Waals surface area contributed by atoms with E-state index in [1.807, 2.05) is 36.4 Å². The fourth-order valence-corrected chi connectivity index (χ4v) is 2.86. The van der Waals surface area contributed by atoms with Gasteiger partial charge >= 0.3 is 0 Å². The van der Waals surface area contributed by atoms with E-state index in [0.717, 1.165) is 11.4 Å². The molecule has 1 heterocycles. The summed E-state index contributed by atoms with van der Waals surface area (Å²) in [7, 11) is 0. The van der Waals surface area contributed by atoms with E-state index in [4.69, 9.17) is 21.4 Å². The highest BCUT2D eigenvalue weighted by Crippen LogP contribution is 2.15. The van der Waals surface area contributed by atoms with Gasteiger partial charge in [-0.3, -0.25) is 4.79 Å². The van der Waals surface area contributed by atoms with Crippen molar-refractivity contribution in [2.75, 3.05) is 23.8 Å². The van der Waals surface area contributed by atoms with Crippen molar-refractivity contribution in [3.05, 3.63) is 76.3 Å². The number of amides is 1. The van der Waals surface area contributed by atoms with Crippen LogP contribution in [0.1, 0.15) is 10.6 Å². The van der Waals surface area contributed by atoms with Crippen molar-refractivity contribution >= 4 is 57.2 Å². The molecule has 0 saturated heterocycles. The summed E-state index contributed by atoms with van der Waals surface area (Å²) in [5.74, 6) is 0.796. The number of ether oxygens (including phenoxy) is 1. The topological polar surface area (TPSA) is 75.5 Å². The van der Waals surface area contributed by atoms with Gasteiger partial charge in [-0.05, 0) is 95.5 Å². The average molecular weight is 507 g/mol. The summed E-state index contributed by atoms with van der Waals surface area (Å²) in [6, 6.07) is 18.4. The van der Waals surface area contributed by atoms with E-state index in [1.54, 1.807) is 24.3 Å². The lowest BCUT2D eigenvalue weighted by Crippen LogP contribution is -2.31. The van der Waals surface area contributed by atoms with E-state index in [2.05, 4.69) is 38.5 Å². The number of furan rings is 1. The minimum Gasteiger partial charge on any atom is -0.492 e. The molecule has 0 aliphatic heterocycles. The second kappa shape index (κ2) is 10.1. The van der Waals surface area contributed by atoms with Crippen LogP contribution in [0.2, 0.25) is 0 Å². The maximum Gasteiger partial charge on any atom is 0.291 e. The number of hydrogen-bond acceptors (Lipinski definition) is 4. The van der Waals surface area contributed by atoms with Crippen LogP contribution in [0.3, 0.4) is 0 Å². The molecule has 0 unspecified atom stereocenters. The number of carbonyl (C=O) groups is 1. The van der Waals surface area contributed by atoms with Crippen molar-refractivity contribution in [3.8, 4) is 5.75 Å². The van der Waals surface area contributed by atoms with Gasteiger partial charge in [-0.25, -0.2) is 0 Å². The van der Waals surface area contributed by atoms with E-state index in [-0.39, 0.29) is 11.7 Å². The van der Waals surface area contributed by atoms with Gasteiger partial charge in [-0.2, -0.15) is 0 Å². The monoisotopic (exact) mass is 507 g/mol. The van der Waals surface area contributed by atoms with Crippen molar-refractivity contribution in [2.24, 2.45) is 0 Å². The fourth-order valence-electron chi connectivity index (χ4n) is 2.28. The zero-order valence-corrected chi connectivity index (χ0v) is 17.8. The maximum atomic E-state index is 11.9. The predicted octanol–water partition coefficient (Wildman–Crippen LogP) is 4.50. The highest BCUT2D eigenvalue weighted by Gasteiger charge is 2.08. The quantitative estimate of drug-likeness (QED) is 0.249. The van der Waals surface area contributed by atoms with E-state index in [0.29, 0.717) is 24.0 Å². The van der Waals surface area contributed by atoms with Crippen LogP contribution in [0.4, 0.5) is 11.4 Å². The van der Waals surface area contributed by atoms with Crippen molar-refractivity contribution < 1.29 is 13.9 Å². The molecular weight excluding hydrogens is 489 g/mol. The Bertz CT molecular complexity index is 913. The zero-order valence-electron chi connectivity index (χ0n) is 14.8. The van der Waals surface area contributed by atoms with Gasteiger partial charge in [0.15, 0.2) is 10.9 Å². The van der Waals surface area contributed by atoms with Crippen LogP contribution >= 0.6 is 34.8 Å². The highest BCUT2D eigenvalue weighted by atomic mass is 127. The smallest absolute Gasteiger partial charge is 0.291 e. The molecule has 8 heteroatoms. The Morgan fingerprint density at radius 2 is 1.68 bits per heavy atom. The van der Waals surface area contributed by atoms with Crippen LogP contribution in [0.15, 0.2) is 71.3 Å². The molecule has 1 amide bonds. The van der Waals surface area contributed by atoms with Crippen molar-refractivity contribution in [2.45, 2.75) is 0 Å². The van der Waals surface area contributed by atoms with Crippen LogP contribution in [0.5, 0.6) is 5.75 Å². The largest absolute Gasteiger partial charge is 0.492 e. The molecule has 2 aromatic carbocycles. The molecule has 3 N–H and O–H groups in total. The van der Waals surface area contributed by atoms with Gasteiger partial charge in [-0.15, -0.1) is 0 Å². The number of benzene rings is 2. The number of carbonyl (C=O) groups excluding carboxylic acids is 1. The van der Waals surface area contributed by atoms with Crippen molar-refractivity contribution in [3.63, 3.8) is 0 Å². The molecule has 3 aromatic rings. The third-order valence-corrected chi connectivity index (χ3v) is 4.58. The van der Waals surface area contributed by atoms with Crippen LogP contribution in [-0.2, 0) is 0 Å². The van der Waals surface area contributed by atoms with Crippen LogP contribution < -0.4 is 20.7 Å². The predicted molar refractivity (Wildman–Crippen MR) is 122 cm³/mol. The lowest BCUT2D eigenvalue weighted by atomic mass is 10.2. The summed E-state index contributed by atoms with van der Waals surface area (Å²) in [6.45, 7) is 1.08. The third kappa shape index (κ3) is 6.24. The Kier molecular flexibility index (Phi) is 7.26. The number of hydrogen-bond donors (Lipinski definition) is 3. The SMILES string of the molecule is O=C(Nc1ccc(NC(=S)NCCOc2ccc(I)cc2)cc1)c1ccco1. The molecule has 0 radical (unpaired) electrons. The van der Waals surface area contributed by atoms with Crippen molar-refractivity contribution in [1.82, 2.24) is 5.32 Å². The van der Waals surface area contributed by atoms with E-state index >= 15 is 0 Å². The first-order valence-corrected chi connectivity index (χ1v) is 9.97. The molecule has 0 bridgehead atoms. The number of nitrogens with one attached hydrogen (secondary N) is 3.